The lowest BCUT2D eigenvalue weighted by atomic mass is 9.95. The summed E-state index contributed by atoms with van der Waals surface area (Å²) in [4.78, 5) is 10.8. The van der Waals surface area contributed by atoms with Gasteiger partial charge in [-0.05, 0) is 6.42 Å². The first kappa shape index (κ1) is 14.8. The number of rotatable bonds is 2. The third kappa shape index (κ3) is 3.29. The molecule has 7 heteroatoms. The van der Waals surface area contributed by atoms with Gasteiger partial charge in [-0.2, -0.15) is 13.2 Å². The molecule has 1 fully saturated rings. The van der Waals surface area contributed by atoms with E-state index in [9.17, 15) is 23.1 Å². The number of halogens is 3. The summed E-state index contributed by atoms with van der Waals surface area (Å²) in [5, 5.41) is 12.1. The van der Waals surface area contributed by atoms with Gasteiger partial charge in [0.05, 0.1) is 12.6 Å². The van der Waals surface area contributed by atoms with Crippen molar-refractivity contribution in [1.82, 2.24) is 5.32 Å². The number of ether oxygens (including phenoxy) is 1. The van der Waals surface area contributed by atoms with Gasteiger partial charge in [0.15, 0.2) is 5.79 Å². The molecule has 0 radical (unpaired) electrons. The topological polar surface area (TPSA) is 58.6 Å². The molecule has 1 aliphatic heterocycles. The zero-order valence-electron chi connectivity index (χ0n) is 10.5. The minimum atomic E-state index is -4.91. The fourth-order valence-corrected chi connectivity index (χ4v) is 2.07. The van der Waals surface area contributed by atoms with Crippen LogP contribution in [0.5, 0.6) is 0 Å². The molecule has 2 N–H and O–H groups in total. The summed E-state index contributed by atoms with van der Waals surface area (Å²) in [5.41, 5.74) is 0.542. The Morgan fingerprint density at radius 1 is 1.35 bits per heavy atom. The standard InChI is InChI=1S/C13H14F3NO3/c14-13(15,16)11(18)17-10-6-7-12(19,20-8-10)9-4-2-1-3-5-9/h1-5,10,19H,6-8H2,(H,17,18)/t10-,12+/m1/s1. The number of hydrogen-bond acceptors (Lipinski definition) is 3. The van der Waals surface area contributed by atoms with Crippen LogP contribution in [0.1, 0.15) is 18.4 Å². The average molecular weight is 289 g/mol. The number of hydrogen-bond donors (Lipinski definition) is 2. The smallest absolute Gasteiger partial charge is 0.362 e. The number of alkyl halides is 3. The second-order valence-corrected chi connectivity index (χ2v) is 4.67. The maximum atomic E-state index is 12.1. The number of carbonyl (C=O) groups is 1. The molecule has 1 saturated heterocycles. The molecule has 0 aliphatic carbocycles. The van der Waals surface area contributed by atoms with Crippen molar-refractivity contribution in [3.63, 3.8) is 0 Å². The minimum absolute atomic E-state index is 0.111. The van der Waals surface area contributed by atoms with Crippen molar-refractivity contribution in [2.24, 2.45) is 0 Å². The molecule has 2 atom stereocenters. The van der Waals surface area contributed by atoms with E-state index in [-0.39, 0.29) is 19.4 Å². The molecule has 1 aliphatic rings. The number of nitrogens with one attached hydrogen (secondary N) is 1. The van der Waals surface area contributed by atoms with E-state index >= 15 is 0 Å². The quantitative estimate of drug-likeness (QED) is 0.871. The first-order chi connectivity index (χ1) is 9.31. The van der Waals surface area contributed by atoms with Crippen LogP contribution in [0.15, 0.2) is 30.3 Å². The third-order valence-corrected chi connectivity index (χ3v) is 3.17. The third-order valence-electron chi connectivity index (χ3n) is 3.17. The van der Waals surface area contributed by atoms with E-state index in [1.54, 1.807) is 30.3 Å². The first-order valence-corrected chi connectivity index (χ1v) is 6.11. The second-order valence-electron chi connectivity index (χ2n) is 4.67. The maximum Gasteiger partial charge on any atom is 0.471 e. The highest BCUT2D eigenvalue weighted by molar-refractivity contribution is 5.81. The molecule has 1 aromatic carbocycles. The van der Waals surface area contributed by atoms with Crippen LogP contribution in [0.4, 0.5) is 13.2 Å². The van der Waals surface area contributed by atoms with Gasteiger partial charge < -0.3 is 15.2 Å². The molecular weight excluding hydrogens is 275 g/mol. The van der Waals surface area contributed by atoms with Crippen LogP contribution in [0.2, 0.25) is 0 Å². The van der Waals surface area contributed by atoms with Gasteiger partial charge in [-0.25, -0.2) is 0 Å². The molecule has 110 valence electrons. The van der Waals surface area contributed by atoms with Gasteiger partial charge in [-0.3, -0.25) is 4.79 Å². The van der Waals surface area contributed by atoms with Crippen LogP contribution < -0.4 is 5.32 Å². The summed E-state index contributed by atoms with van der Waals surface area (Å²) in [7, 11) is 0. The highest BCUT2D eigenvalue weighted by atomic mass is 19.4. The Morgan fingerprint density at radius 2 is 2.00 bits per heavy atom. The largest absolute Gasteiger partial charge is 0.471 e. The van der Waals surface area contributed by atoms with Crippen LogP contribution in [0, 0.1) is 0 Å². The Hall–Kier alpha value is -1.60. The van der Waals surface area contributed by atoms with Gasteiger partial charge in [0.2, 0.25) is 0 Å². The van der Waals surface area contributed by atoms with E-state index in [4.69, 9.17) is 4.74 Å². The zero-order valence-corrected chi connectivity index (χ0v) is 10.5. The van der Waals surface area contributed by atoms with Crippen molar-refractivity contribution in [2.45, 2.75) is 30.8 Å². The van der Waals surface area contributed by atoms with E-state index in [1.807, 2.05) is 5.32 Å². The molecule has 1 amide bonds. The molecule has 20 heavy (non-hydrogen) atoms. The molecule has 1 heterocycles. The Balaban J connectivity index is 1.94. The summed E-state index contributed by atoms with van der Waals surface area (Å²) >= 11 is 0. The van der Waals surface area contributed by atoms with Gasteiger partial charge in [0.1, 0.15) is 0 Å². The van der Waals surface area contributed by atoms with E-state index in [2.05, 4.69) is 0 Å². The van der Waals surface area contributed by atoms with E-state index in [0.29, 0.717) is 5.56 Å². The number of amides is 1. The van der Waals surface area contributed by atoms with Gasteiger partial charge in [-0.1, -0.05) is 30.3 Å². The molecule has 0 bridgehead atoms. The van der Waals surface area contributed by atoms with Crippen molar-refractivity contribution in [1.29, 1.82) is 0 Å². The summed E-state index contributed by atoms with van der Waals surface area (Å²) in [6.45, 7) is -0.173. The van der Waals surface area contributed by atoms with E-state index in [0.717, 1.165) is 0 Å². The molecule has 4 nitrogen and oxygen atoms in total. The van der Waals surface area contributed by atoms with Crippen molar-refractivity contribution >= 4 is 5.91 Å². The van der Waals surface area contributed by atoms with Crippen LogP contribution in [-0.2, 0) is 15.3 Å². The summed E-state index contributed by atoms with van der Waals surface area (Å²) in [5.74, 6) is -3.50. The molecule has 2 rings (SSSR count). The second kappa shape index (κ2) is 5.41. The molecule has 0 unspecified atom stereocenters. The SMILES string of the molecule is O=C(N[C@@H]1CC[C@@](O)(c2ccccc2)OC1)C(F)(F)F. The van der Waals surface area contributed by atoms with E-state index < -0.39 is 23.9 Å². The summed E-state index contributed by atoms with van der Waals surface area (Å²) < 4.78 is 41.6. The van der Waals surface area contributed by atoms with Crippen molar-refractivity contribution < 1.29 is 27.8 Å². The Kier molecular flexibility index (Phi) is 4.01. The zero-order chi connectivity index (χ0) is 14.8. The Bertz CT molecular complexity index is 467. The molecule has 1 aromatic rings. The number of carbonyl (C=O) groups excluding carboxylic acids is 1. The normalized spacial score (nSPS) is 27.1. The molecule has 0 saturated carbocycles. The maximum absolute atomic E-state index is 12.1. The minimum Gasteiger partial charge on any atom is -0.362 e. The Labute approximate surface area is 113 Å². The van der Waals surface area contributed by atoms with Crippen LogP contribution in [0.3, 0.4) is 0 Å². The first-order valence-electron chi connectivity index (χ1n) is 6.11. The van der Waals surface area contributed by atoms with Crippen LogP contribution in [0.25, 0.3) is 0 Å². The lowest BCUT2D eigenvalue weighted by molar-refractivity contribution is -0.240. The van der Waals surface area contributed by atoms with Crippen LogP contribution >= 0.6 is 0 Å². The predicted octanol–water partition coefficient (Wildman–Crippen LogP) is 1.69. The fourth-order valence-electron chi connectivity index (χ4n) is 2.07. The van der Waals surface area contributed by atoms with Crippen LogP contribution in [-0.4, -0.2) is 29.8 Å². The average Bonchev–Trinajstić information content (AvgIpc) is 2.41. The number of aliphatic hydroxyl groups is 1. The predicted molar refractivity (Wildman–Crippen MR) is 63.5 cm³/mol. The van der Waals surface area contributed by atoms with Crippen molar-refractivity contribution in [2.75, 3.05) is 6.61 Å². The Morgan fingerprint density at radius 3 is 2.50 bits per heavy atom. The highest BCUT2D eigenvalue weighted by Crippen LogP contribution is 2.32. The lowest BCUT2D eigenvalue weighted by Gasteiger charge is -2.36. The molecular formula is C13H14F3NO3. The van der Waals surface area contributed by atoms with Gasteiger partial charge in [-0.15, -0.1) is 0 Å². The van der Waals surface area contributed by atoms with Crippen molar-refractivity contribution in [3.05, 3.63) is 35.9 Å². The molecule has 0 spiro atoms. The lowest BCUT2D eigenvalue weighted by Crippen LogP contribution is -2.50. The number of benzene rings is 1. The van der Waals surface area contributed by atoms with Gasteiger partial charge in [0, 0.05) is 12.0 Å². The van der Waals surface area contributed by atoms with Gasteiger partial charge in [0.25, 0.3) is 0 Å². The molecule has 0 aromatic heterocycles. The fraction of sp³-hybridized carbons (Fsp3) is 0.462. The van der Waals surface area contributed by atoms with Gasteiger partial charge >= 0.3 is 12.1 Å². The monoisotopic (exact) mass is 289 g/mol. The van der Waals surface area contributed by atoms with Crippen molar-refractivity contribution in [3.8, 4) is 0 Å². The summed E-state index contributed by atoms with van der Waals surface area (Å²) in [6, 6.07) is 7.83. The highest BCUT2D eigenvalue weighted by Gasteiger charge is 2.42. The summed E-state index contributed by atoms with van der Waals surface area (Å²) in [6.07, 6.45) is -4.60. The van der Waals surface area contributed by atoms with E-state index in [1.165, 1.54) is 0 Å².